The van der Waals surface area contributed by atoms with Crippen LogP contribution in [0.15, 0.2) is 12.7 Å². The molecule has 0 saturated carbocycles. The largest absolute Gasteiger partial charge is 0.321 e. The van der Waals surface area contributed by atoms with Crippen molar-refractivity contribution in [3.63, 3.8) is 0 Å². The number of nitrogens with one attached hydrogen (secondary N) is 1. The second-order valence-electron chi connectivity index (χ2n) is 9.33. The Morgan fingerprint density at radius 3 is 2.04 bits per heavy atom. The van der Waals surface area contributed by atoms with Gasteiger partial charge in [0, 0.05) is 6.04 Å². The van der Waals surface area contributed by atoms with Gasteiger partial charge < -0.3 is 4.48 Å². The summed E-state index contributed by atoms with van der Waals surface area (Å²) in [6.45, 7) is 24.4. The van der Waals surface area contributed by atoms with Gasteiger partial charge in [0.15, 0.2) is 0 Å². The van der Waals surface area contributed by atoms with Crippen molar-refractivity contribution in [1.82, 2.24) is 4.72 Å². The van der Waals surface area contributed by atoms with Gasteiger partial charge in [-0.15, -0.1) is 0 Å². The number of likely N-dealkylation sites (N-methyl/N-ethyl adjacent to an activating group) is 1. The van der Waals surface area contributed by atoms with Crippen molar-refractivity contribution >= 4 is 10.0 Å². The number of nitrogens with zero attached hydrogens (tertiary/aromatic N) is 1. The Balaban J connectivity index is 4.73. The van der Waals surface area contributed by atoms with Crippen LogP contribution in [0.1, 0.15) is 74.7 Å². The van der Waals surface area contributed by atoms with Gasteiger partial charge in [-0.1, -0.05) is 27.4 Å². The molecule has 0 saturated heterocycles. The molecule has 0 aliphatic heterocycles. The summed E-state index contributed by atoms with van der Waals surface area (Å²) in [4.78, 5) is 0. The van der Waals surface area contributed by atoms with Crippen molar-refractivity contribution in [2.45, 2.75) is 85.4 Å². The normalized spacial score (nSPS) is 15.2. The van der Waals surface area contributed by atoms with Crippen LogP contribution in [0.5, 0.6) is 0 Å². The zero-order valence-electron chi connectivity index (χ0n) is 18.0. The molecule has 1 atom stereocenters. The Morgan fingerprint density at radius 2 is 1.64 bits per heavy atom. The third-order valence-corrected chi connectivity index (χ3v) is 7.48. The molecule has 25 heavy (non-hydrogen) atoms. The Hall–Kier alpha value is -0.390. The maximum absolute atomic E-state index is 12.8. The number of sulfonamides is 1. The van der Waals surface area contributed by atoms with Crippen LogP contribution in [0.25, 0.3) is 0 Å². The Bertz CT molecular complexity index is 500. The molecule has 0 bridgehead atoms. The molecule has 0 fully saturated rings. The Morgan fingerprint density at radius 1 is 1.12 bits per heavy atom. The summed E-state index contributed by atoms with van der Waals surface area (Å²) in [5.41, 5.74) is -0.0223. The molecule has 0 aromatic heterocycles. The van der Waals surface area contributed by atoms with E-state index in [9.17, 15) is 8.42 Å². The summed E-state index contributed by atoms with van der Waals surface area (Å²) < 4.78 is 28.7. The van der Waals surface area contributed by atoms with Crippen molar-refractivity contribution in [1.29, 1.82) is 0 Å². The van der Waals surface area contributed by atoms with Crippen LogP contribution in [0.2, 0.25) is 0 Å². The zero-order valence-corrected chi connectivity index (χ0v) is 18.8. The quantitative estimate of drug-likeness (QED) is 0.407. The zero-order chi connectivity index (χ0) is 19.9. The van der Waals surface area contributed by atoms with Crippen molar-refractivity contribution in [3.8, 4) is 0 Å². The van der Waals surface area contributed by atoms with Gasteiger partial charge in [-0.25, -0.2) is 13.1 Å². The molecule has 150 valence electrons. The highest BCUT2D eigenvalue weighted by Gasteiger charge is 2.38. The number of quaternary nitrogens is 1. The summed E-state index contributed by atoms with van der Waals surface area (Å²) in [5.74, 6) is 0. The standard InChI is InChI=1S/C20H43N2O2S/c1-10-15-22(11-2,12-3)16-13-14-18(4)21-25(23,24)20(8,9)17-19(5,6)7/h10,18,21H,1,11-17H2,2-9H3/q+1. The van der Waals surface area contributed by atoms with Crippen LogP contribution in [0.3, 0.4) is 0 Å². The number of rotatable bonds is 12. The predicted molar refractivity (Wildman–Crippen MR) is 110 cm³/mol. The summed E-state index contributed by atoms with van der Waals surface area (Å²) in [5, 5.41) is 0. The molecular weight excluding hydrogens is 332 g/mol. The first-order chi connectivity index (χ1) is 11.2. The molecule has 0 aromatic rings. The van der Waals surface area contributed by atoms with Crippen molar-refractivity contribution in [3.05, 3.63) is 12.7 Å². The van der Waals surface area contributed by atoms with Crippen molar-refractivity contribution in [2.24, 2.45) is 5.41 Å². The molecule has 0 spiro atoms. The lowest BCUT2D eigenvalue weighted by atomic mass is 9.86. The smallest absolute Gasteiger partial charge is 0.217 e. The van der Waals surface area contributed by atoms with E-state index >= 15 is 0 Å². The van der Waals surface area contributed by atoms with E-state index in [0.29, 0.717) is 6.42 Å². The highest BCUT2D eigenvalue weighted by molar-refractivity contribution is 7.90. The van der Waals surface area contributed by atoms with Gasteiger partial charge >= 0.3 is 0 Å². The van der Waals surface area contributed by atoms with Gasteiger partial charge in [-0.05, 0) is 65.4 Å². The van der Waals surface area contributed by atoms with Gasteiger partial charge in [0.25, 0.3) is 0 Å². The van der Waals surface area contributed by atoms with Crippen LogP contribution in [0.4, 0.5) is 0 Å². The minimum atomic E-state index is -3.35. The topological polar surface area (TPSA) is 46.2 Å². The molecule has 0 aliphatic carbocycles. The third kappa shape index (κ3) is 8.23. The fraction of sp³-hybridized carbons (Fsp3) is 0.900. The fourth-order valence-corrected chi connectivity index (χ4v) is 5.34. The van der Waals surface area contributed by atoms with E-state index in [1.807, 2.05) is 26.8 Å². The van der Waals surface area contributed by atoms with Gasteiger partial charge in [0.2, 0.25) is 10.0 Å². The molecule has 0 aromatic carbocycles. The molecule has 1 unspecified atom stereocenters. The Labute approximate surface area is 157 Å². The molecule has 1 N–H and O–H groups in total. The minimum absolute atomic E-state index is 0.0223. The van der Waals surface area contributed by atoms with E-state index in [2.05, 4.69) is 45.9 Å². The molecule has 0 aliphatic rings. The summed E-state index contributed by atoms with van der Waals surface area (Å²) in [7, 11) is -3.35. The van der Waals surface area contributed by atoms with Crippen LogP contribution >= 0.6 is 0 Å². The van der Waals surface area contributed by atoms with Crippen LogP contribution in [-0.2, 0) is 10.0 Å². The number of hydrogen-bond donors (Lipinski definition) is 1. The maximum atomic E-state index is 12.8. The van der Waals surface area contributed by atoms with Crippen molar-refractivity contribution in [2.75, 3.05) is 26.2 Å². The second-order valence-corrected chi connectivity index (χ2v) is 11.7. The SMILES string of the molecule is C=CC[N+](CC)(CC)CCCC(C)NS(=O)(=O)C(C)(C)CC(C)(C)C. The lowest BCUT2D eigenvalue weighted by Crippen LogP contribution is -2.49. The summed E-state index contributed by atoms with van der Waals surface area (Å²) in [6, 6.07) is -0.0383. The van der Waals surface area contributed by atoms with Gasteiger partial charge in [0.1, 0.15) is 0 Å². The molecule has 0 amide bonds. The van der Waals surface area contributed by atoms with E-state index < -0.39 is 14.8 Å². The fourth-order valence-electron chi connectivity index (χ4n) is 3.75. The van der Waals surface area contributed by atoms with E-state index in [4.69, 9.17) is 0 Å². The van der Waals surface area contributed by atoms with Crippen LogP contribution in [-0.4, -0.2) is 49.9 Å². The average molecular weight is 376 g/mol. The van der Waals surface area contributed by atoms with E-state index in [1.165, 1.54) is 0 Å². The van der Waals surface area contributed by atoms with Gasteiger partial charge in [-0.3, -0.25) is 0 Å². The maximum Gasteiger partial charge on any atom is 0.217 e. The molecule has 0 radical (unpaired) electrons. The van der Waals surface area contributed by atoms with Crippen LogP contribution in [0, 0.1) is 5.41 Å². The second kappa shape index (κ2) is 9.52. The van der Waals surface area contributed by atoms with E-state index in [1.54, 1.807) is 0 Å². The highest BCUT2D eigenvalue weighted by Crippen LogP contribution is 2.32. The first-order valence-corrected chi connectivity index (χ1v) is 11.2. The molecule has 5 heteroatoms. The van der Waals surface area contributed by atoms with Crippen molar-refractivity contribution < 1.29 is 12.9 Å². The average Bonchev–Trinajstić information content (AvgIpc) is 2.43. The predicted octanol–water partition coefficient (Wildman–Crippen LogP) is 4.33. The Kier molecular flexibility index (Phi) is 9.37. The first kappa shape index (κ1) is 24.6. The lowest BCUT2D eigenvalue weighted by Gasteiger charge is -2.36. The minimum Gasteiger partial charge on any atom is -0.321 e. The molecular formula is C20H43N2O2S+. The number of hydrogen-bond acceptors (Lipinski definition) is 2. The third-order valence-electron chi connectivity index (χ3n) is 5.17. The molecule has 4 nitrogen and oxygen atoms in total. The lowest BCUT2D eigenvalue weighted by molar-refractivity contribution is -0.919. The first-order valence-electron chi connectivity index (χ1n) is 9.72. The summed E-state index contributed by atoms with van der Waals surface area (Å²) in [6.07, 6.45) is 4.50. The highest BCUT2D eigenvalue weighted by atomic mass is 32.2. The van der Waals surface area contributed by atoms with Crippen LogP contribution < -0.4 is 4.72 Å². The van der Waals surface area contributed by atoms with E-state index in [0.717, 1.165) is 43.5 Å². The molecule has 0 heterocycles. The van der Waals surface area contributed by atoms with E-state index in [-0.39, 0.29) is 11.5 Å². The molecule has 0 rings (SSSR count). The summed E-state index contributed by atoms with van der Waals surface area (Å²) >= 11 is 0. The van der Waals surface area contributed by atoms with Gasteiger partial charge in [0.05, 0.1) is 30.9 Å². The van der Waals surface area contributed by atoms with Gasteiger partial charge in [-0.2, -0.15) is 0 Å². The monoisotopic (exact) mass is 375 g/mol.